The van der Waals surface area contributed by atoms with E-state index in [2.05, 4.69) is 4.98 Å². The van der Waals surface area contributed by atoms with Crippen LogP contribution in [0.3, 0.4) is 0 Å². The van der Waals surface area contributed by atoms with Crippen LogP contribution in [0.5, 0.6) is 0 Å². The Hall–Kier alpha value is -2.74. The van der Waals surface area contributed by atoms with Gasteiger partial charge in [0.15, 0.2) is 15.0 Å². The van der Waals surface area contributed by atoms with E-state index < -0.39 is 9.84 Å². The van der Waals surface area contributed by atoms with Crippen molar-refractivity contribution in [2.45, 2.75) is 17.9 Å². The molecule has 0 N–H and O–H groups in total. The Morgan fingerprint density at radius 1 is 0.968 bits per heavy atom. The number of carbonyl (C=O) groups excluding carboxylic acids is 1. The molecule has 0 aliphatic carbocycles. The number of hydrogen-bond donors (Lipinski definition) is 0. The van der Waals surface area contributed by atoms with Crippen LogP contribution in [0.25, 0.3) is 10.2 Å². The molecule has 1 heterocycles. The van der Waals surface area contributed by atoms with Gasteiger partial charge in [-0.1, -0.05) is 71.5 Å². The summed E-state index contributed by atoms with van der Waals surface area (Å²) in [5.74, 6) is -0.133. The van der Waals surface area contributed by atoms with Crippen molar-refractivity contribution in [3.63, 3.8) is 0 Å². The molecular weight excluding hydrogens is 452 g/mol. The van der Waals surface area contributed by atoms with Crippen LogP contribution in [-0.2, 0) is 27.6 Å². The minimum Gasteiger partial charge on any atom is -0.283 e. The average molecular weight is 471 g/mol. The molecule has 1 aromatic heterocycles. The number of benzene rings is 3. The Balaban J connectivity index is 1.66. The van der Waals surface area contributed by atoms with E-state index in [4.69, 9.17) is 11.6 Å². The highest BCUT2D eigenvalue weighted by Crippen LogP contribution is 2.33. The first kappa shape index (κ1) is 21.5. The fraction of sp³-hybridized carbons (Fsp3) is 0.130. The molecule has 5 nitrogen and oxygen atoms in total. The van der Waals surface area contributed by atoms with Crippen molar-refractivity contribution >= 4 is 54.0 Å². The number of amides is 1. The van der Waals surface area contributed by atoms with Gasteiger partial charge in [-0.3, -0.25) is 9.69 Å². The SMILES string of the molecule is CS(=O)(=O)c1ccc(CC(=O)N(Cc2ccccc2)c2nc3c(Cl)cccc3s2)cc1. The summed E-state index contributed by atoms with van der Waals surface area (Å²) < 4.78 is 24.3. The first-order valence-corrected chi connectivity index (χ1v) is 12.6. The normalized spacial score (nSPS) is 11.5. The number of thiazole rings is 1. The van der Waals surface area contributed by atoms with Crippen LogP contribution in [0.15, 0.2) is 77.7 Å². The van der Waals surface area contributed by atoms with Crippen LogP contribution >= 0.6 is 22.9 Å². The van der Waals surface area contributed by atoms with Crippen molar-refractivity contribution in [1.29, 1.82) is 0 Å². The van der Waals surface area contributed by atoms with E-state index in [9.17, 15) is 13.2 Å². The molecule has 4 aromatic rings. The number of anilines is 1. The van der Waals surface area contributed by atoms with E-state index in [1.165, 1.54) is 23.5 Å². The molecule has 0 atom stereocenters. The van der Waals surface area contributed by atoms with E-state index in [1.54, 1.807) is 23.1 Å². The van der Waals surface area contributed by atoms with Crippen molar-refractivity contribution in [3.8, 4) is 0 Å². The molecule has 0 unspecified atom stereocenters. The third kappa shape index (κ3) is 4.95. The maximum atomic E-state index is 13.3. The Kier molecular flexibility index (Phi) is 6.09. The van der Waals surface area contributed by atoms with Gasteiger partial charge in [-0.25, -0.2) is 13.4 Å². The van der Waals surface area contributed by atoms with Crippen LogP contribution in [0.2, 0.25) is 5.02 Å². The Labute approximate surface area is 189 Å². The summed E-state index contributed by atoms with van der Waals surface area (Å²) in [6.07, 6.45) is 1.29. The zero-order valence-corrected chi connectivity index (χ0v) is 19.0. The first-order valence-electron chi connectivity index (χ1n) is 9.49. The van der Waals surface area contributed by atoms with E-state index >= 15 is 0 Å². The molecule has 0 saturated heterocycles. The predicted molar refractivity (Wildman–Crippen MR) is 126 cm³/mol. The number of hydrogen-bond acceptors (Lipinski definition) is 5. The number of aromatic nitrogens is 1. The van der Waals surface area contributed by atoms with Gasteiger partial charge in [-0.15, -0.1) is 0 Å². The fourth-order valence-corrected chi connectivity index (χ4v) is 5.08. The Morgan fingerprint density at radius 2 is 1.68 bits per heavy atom. The number of para-hydroxylation sites is 1. The van der Waals surface area contributed by atoms with Gasteiger partial charge in [-0.05, 0) is 35.4 Å². The second-order valence-electron chi connectivity index (χ2n) is 7.14. The van der Waals surface area contributed by atoms with Gasteiger partial charge in [0, 0.05) is 6.26 Å². The van der Waals surface area contributed by atoms with Crippen LogP contribution < -0.4 is 4.90 Å². The summed E-state index contributed by atoms with van der Waals surface area (Å²) in [6, 6.07) is 21.7. The fourth-order valence-electron chi connectivity index (χ4n) is 3.17. The number of carbonyl (C=O) groups is 1. The van der Waals surface area contributed by atoms with Crippen LogP contribution in [0.1, 0.15) is 11.1 Å². The number of halogens is 1. The van der Waals surface area contributed by atoms with E-state index in [0.29, 0.717) is 22.2 Å². The lowest BCUT2D eigenvalue weighted by Gasteiger charge is -2.20. The molecular formula is C23H19ClN2O3S2. The topological polar surface area (TPSA) is 67.3 Å². The first-order chi connectivity index (χ1) is 14.8. The van der Waals surface area contributed by atoms with Gasteiger partial charge in [0.25, 0.3) is 0 Å². The lowest BCUT2D eigenvalue weighted by atomic mass is 10.1. The van der Waals surface area contributed by atoms with Gasteiger partial charge in [0.05, 0.1) is 27.6 Å². The molecule has 0 spiro atoms. The molecule has 0 radical (unpaired) electrons. The van der Waals surface area contributed by atoms with Gasteiger partial charge >= 0.3 is 0 Å². The molecule has 0 bridgehead atoms. The molecule has 0 aliphatic rings. The molecule has 3 aromatic carbocycles. The average Bonchev–Trinajstić information content (AvgIpc) is 3.18. The minimum atomic E-state index is -3.28. The predicted octanol–water partition coefficient (Wildman–Crippen LogP) is 5.13. The molecule has 1 amide bonds. The van der Waals surface area contributed by atoms with Crippen LogP contribution in [0.4, 0.5) is 5.13 Å². The second-order valence-corrected chi connectivity index (χ2v) is 10.6. The molecule has 158 valence electrons. The van der Waals surface area contributed by atoms with Crippen molar-refractivity contribution in [2.24, 2.45) is 0 Å². The summed E-state index contributed by atoms with van der Waals surface area (Å²) in [6.45, 7) is 0.374. The number of fused-ring (bicyclic) bond motifs is 1. The van der Waals surface area contributed by atoms with Crippen LogP contribution in [-0.4, -0.2) is 25.6 Å². The smallest absolute Gasteiger partial charge is 0.233 e. The van der Waals surface area contributed by atoms with Gasteiger partial charge < -0.3 is 0 Å². The highest BCUT2D eigenvalue weighted by Gasteiger charge is 2.21. The van der Waals surface area contributed by atoms with Crippen LogP contribution in [0, 0.1) is 0 Å². The minimum absolute atomic E-state index is 0.126. The number of sulfone groups is 1. The zero-order chi connectivity index (χ0) is 22.0. The molecule has 0 aliphatic heterocycles. The summed E-state index contributed by atoms with van der Waals surface area (Å²) >= 11 is 7.70. The van der Waals surface area contributed by atoms with Gasteiger partial charge in [0.1, 0.15) is 5.52 Å². The standard InChI is InChI=1S/C23H19ClN2O3S2/c1-31(28,29)18-12-10-16(11-13-18)14-21(27)26(15-17-6-3-2-4-7-17)23-25-22-19(24)8-5-9-20(22)30-23/h2-13H,14-15H2,1H3. The number of rotatable bonds is 6. The third-order valence-electron chi connectivity index (χ3n) is 4.78. The Morgan fingerprint density at radius 3 is 2.32 bits per heavy atom. The monoisotopic (exact) mass is 470 g/mol. The number of nitrogens with zero attached hydrogens (tertiary/aromatic N) is 2. The van der Waals surface area contributed by atoms with Crippen molar-refractivity contribution in [1.82, 2.24) is 4.98 Å². The van der Waals surface area contributed by atoms with Gasteiger partial charge in [-0.2, -0.15) is 0 Å². The molecule has 0 fully saturated rings. The lowest BCUT2D eigenvalue weighted by Crippen LogP contribution is -2.31. The van der Waals surface area contributed by atoms with Crippen molar-refractivity contribution in [3.05, 3.63) is 88.9 Å². The third-order valence-corrected chi connectivity index (χ3v) is 7.26. The maximum absolute atomic E-state index is 13.3. The molecule has 0 saturated carbocycles. The second kappa shape index (κ2) is 8.78. The molecule has 31 heavy (non-hydrogen) atoms. The largest absolute Gasteiger partial charge is 0.283 e. The van der Waals surface area contributed by atoms with E-state index in [1.807, 2.05) is 42.5 Å². The lowest BCUT2D eigenvalue weighted by molar-refractivity contribution is -0.118. The quantitative estimate of drug-likeness (QED) is 0.392. The summed E-state index contributed by atoms with van der Waals surface area (Å²) in [4.78, 5) is 19.8. The highest BCUT2D eigenvalue weighted by atomic mass is 35.5. The summed E-state index contributed by atoms with van der Waals surface area (Å²) in [5.41, 5.74) is 2.38. The highest BCUT2D eigenvalue weighted by molar-refractivity contribution is 7.90. The van der Waals surface area contributed by atoms with Gasteiger partial charge in [0.2, 0.25) is 5.91 Å². The molecule has 4 rings (SSSR count). The van der Waals surface area contributed by atoms with E-state index in [0.717, 1.165) is 22.1 Å². The summed E-state index contributed by atoms with van der Waals surface area (Å²) in [5, 5.41) is 1.12. The zero-order valence-electron chi connectivity index (χ0n) is 16.7. The maximum Gasteiger partial charge on any atom is 0.233 e. The van der Waals surface area contributed by atoms with Crippen molar-refractivity contribution < 1.29 is 13.2 Å². The van der Waals surface area contributed by atoms with Crippen molar-refractivity contribution in [2.75, 3.05) is 11.2 Å². The molecule has 8 heteroatoms. The van der Waals surface area contributed by atoms with E-state index in [-0.39, 0.29) is 17.2 Å². The Bertz CT molecular complexity index is 1330. The summed E-state index contributed by atoms with van der Waals surface area (Å²) in [7, 11) is -3.28.